The van der Waals surface area contributed by atoms with E-state index in [2.05, 4.69) is 47.4 Å². The molecular formula is C16H24N4S. The molecule has 0 radical (unpaired) electrons. The molecule has 3 rings (SSSR count). The number of aromatic nitrogens is 2. The summed E-state index contributed by atoms with van der Waals surface area (Å²) in [5.74, 6) is 1.72. The molecule has 21 heavy (non-hydrogen) atoms. The van der Waals surface area contributed by atoms with Crippen LogP contribution in [-0.2, 0) is 0 Å². The Morgan fingerprint density at radius 1 is 1.24 bits per heavy atom. The van der Waals surface area contributed by atoms with Gasteiger partial charge in [0, 0.05) is 18.0 Å². The van der Waals surface area contributed by atoms with Gasteiger partial charge in [-0.1, -0.05) is 13.3 Å². The summed E-state index contributed by atoms with van der Waals surface area (Å²) < 4.78 is 0. The fourth-order valence-corrected chi connectivity index (χ4v) is 3.90. The third-order valence-electron chi connectivity index (χ3n) is 4.65. The van der Waals surface area contributed by atoms with Crippen molar-refractivity contribution in [3.8, 4) is 0 Å². The van der Waals surface area contributed by atoms with Crippen molar-refractivity contribution in [2.75, 3.05) is 23.7 Å². The van der Waals surface area contributed by atoms with Crippen LogP contribution in [0.25, 0.3) is 10.2 Å². The highest BCUT2D eigenvalue weighted by molar-refractivity contribution is 7.18. The van der Waals surface area contributed by atoms with E-state index in [9.17, 15) is 0 Å². The minimum absolute atomic E-state index is 0.487. The van der Waals surface area contributed by atoms with Gasteiger partial charge in [-0.15, -0.1) is 11.3 Å². The van der Waals surface area contributed by atoms with Crippen molar-refractivity contribution in [3.05, 3.63) is 10.9 Å². The van der Waals surface area contributed by atoms with Crippen LogP contribution in [0.4, 0.5) is 11.8 Å². The predicted octanol–water partition coefficient (Wildman–Crippen LogP) is 4.42. The topological polar surface area (TPSA) is 49.8 Å². The Labute approximate surface area is 130 Å². The van der Waals surface area contributed by atoms with Crippen molar-refractivity contribution in [1.29, 1.82) is 0 Å². The highest BCUT2D eigenvalue weighted by Crippen LogP contribution is 2.44. The number of nitrogens with zero attached hydrogens (tertiary/aromatic N) is 2. The summed E-state index contributed by atoms with van der Waals surface area (Å²) in [7, 11) is 0. The van der Waals surface area contributed by atoms with Crippen LogP contribution < -0.4 is 10.6 Å². The van der Waals surface area contributed by atoms with Gasteiger partial charge in [0.25, 0.3) is 0 Å². The second kappa shape index (κ2) is 5.79. The predicted molar refractivity (Wildman–Crippen MR) is 91.4 cm³/mol. The highest BCUT2D eigenvalue weighted by Gasteiger charge is 2.34. The van der Waals surface area contributed by atoms with Crippen LogP contribution in [0, 0.1) is 12.3 Å². The van der Waals surface area contributed by atoms with Crippen LogP contribution in [0.1, 0.15) is 44.4 Å². The van der Waals surface area contributed by atoms with Crippen molar-refractivity contribution < 1.29 is 0 Å². The molecule has 2 aromatic heterocycles. The molecule has 114 valence electrons. The van der Waals surface area contributed by atoms with E-state index in [1.165, 1.54) is 30.6 Å². The van der Waals surface area contributed by atoms with Gasteiger partial charge < -0.3 is 10.6 Å². The molecule has 0 unspecified atom stereocenters. The normalized spacial score (nSPS) is 16.7. The van der Waals surface area contributed by atoms with Crippen molar-refractivity contribution >= 4 is 33.3 Å². The molecule has 0 saturated heterocycles. The van der Waals surface area contributed by atoms with Crippen LogP contribution in [0.15, 0.2) is 6.07 Å². The van der Waals surface area contributed by atoms with Crippen molar-refractivity contribution in [3.63, 3.8) is 0 Å². The standard InChI is InChI=1S/C16H24N4S/c1-4-16(7-6-8-16)10-18-13-12-9-11(3)21-14(12)20-15(19-13)17-5-2/h9H,4-8,10H2,1-3H3,(H2,17,18,19,20). The summed E-state index contributed by atoms with van der Waals surface area (Å²) >= 11 is 1.73. The quantitative estimate of drug-likeness (QED) is 0.829. The van der Waals surface area contributed by atoms with E-state index in [1.807, 2.05) is 0 Å². The lowest BCUT2D eigenvalue weighted by Crippen LogP contribution is -2.36. The lowest BCUT2D eigenvalue weighted by molar-refractivity contribution is 0.145. The van der Waals surface area contributed by atoms with Crippen LogP contribution >= 0.6 is 11.3 Å². The second-order valence-electron chi connectivity index (χ2n) is 6.06. The zero-order chi connectivity index (χ0) is 14.9. The van der Waals surface area contributed by atoms with Gasteiger partial charge in [-0.2, -0.15) is 4.98 Å². The summed E-state index contributed by atoms with van der Waals surface area (Å²) in [6.45, 7) is 8.36. The van der Waals surface area contributed by atoms with Gasteiger partial charge in [-0.05, 0) is 44.6 Å². The molecular weight excluding hydrogens is 280 g/mol. The first kappa shape index (κ1) is 14.6. The Morgan fingerprint density at radius 2 is 2.05 bits per heavy atom. The van der Waals surface area contributed by atoms with Crippen LogP contribution in [0.5, 0.6) is 0 Å². The van der Waals surface area contributed by atoms with Gasteiger partial charge in [0.2, 0.25) is 5.95 Å². The molecule has 1 fully saturated rings. The van der Waals surface area contributed by atoms with E-state index in [0.29, 0.717) is 5.41 Å². The first-order chi connectivity index (χ1) is 10.2. The Balaban J connectivity index is 1.88. The van der Waals surface area contributed by atoms with Gasteiger partial charge in [0.05, 0.1) is 5.39 Å². The molecule has 0 amide bonds. The average molecular weight is 304 g/mol. The summed E-state index contributed by atoms with van der Waals surface area (Å²) in [6.07, 6.45) is 5.30. The van der Waals surface area contributed by atoms with E-state index in [0.717, 1.165) is 35.1 Å². The largest absolute Gasteiger partial charge is 0.369 e. The maximum absolute atomic E-state index is 4.67. The molecule has 1 aliphatic rings. The maximum atomic E-state index is 4.67. The zero-order valence-electron chi connectivity index (χ0n) is 13.1. The fraction of sp³-hybridized carbons (Fsp3) is 0.625. The molecule has 2 aromatic rings. The van der Waals surface area contributed by atoms with Crippen molar-refractivity contribution in [1.82, 2.24) is 9.97 Å². The molecule has 1 saturated carbocycles. The number of rotatable bonds is 6. The lowest BCUT2D eigenvalue weighted by Gasteiger charge is -2.41. The van der Waals surface area contributed by atoms with Crippen LogP contribution in [0.3, 0.4) is 0 Å². The smallest absolute Gasteiger partial charge is 0.226 e. The van der Waals surface area contributed by atoms with E-state index in [-0.39, 0.29) is 0 Å². The zero-order valence-corrected chi connectivity index (χ0v) is 13.9. The van der Waals surface area contributed by atoms with E-state index >= 15 is 0 Å². The van der Waals surface area contributed by atoms with Crippen molar-refractivity contribution in [2.24, 2.45) is 5.41 Å². The molecule has 2 heterocycles. The Hall–Kier alpha value is -1.36. The Bertz CT molecular complexity index is 625. The average Bonchev–Trinajstić information content (AvgIpc) is 2.78. The second-order valence-corrected chi connectivity index (χ2v) is 7.30. The molecule has 0 aromatic carbocycles. The number of hydrogen-bond donors (Lipinski definition) is 2. The van der Waals surface area contributed by atoms with Crippen LogP contribution in [0.2, 0.25) is 0 Å². The highest BCUT2D eigenvalue weighted by atomic mass is 32.1. The molecule has 2 N–H and O–H groups in total. The minimum atomic E-state index is 0.487. The number of hydrogen-bond acceptors (Lipinski definition) is 5. The third-order valence-corrected chi connectivity index (χ3v) is 5.59. The van der Waals surface area contributed by atoms with Gasteiger partial charge in [-0.25, -0.2) is 4.98 Å². The monoisotopic (exact) mass is 304 g/mol. The number of thiophene rings is 1. The van der Waals surface area contributed by atoms with E-state index in [1.54, 1.807) is 11.3 Å². The minimum Gasteiger partial charge on any atom is -0.369 e. The molecule has 5 heteroatoms. The lowest BCUT2D eigenvalue weighted by atomic mass is 9.67. The molecule has 0 aliphatic heterocycles. The van der Waals surface area contributed by atoms with Crippen molar-refractivity contribution in [2.45, 2.75) is 46.5 Å². The maximum Gasteiger partial charge on any atom is 0.226 e. The number of aryl methyl sites for hydroxylation is 1. The molecule has 1 aliphatic carbocycles. The Morgan fingerprint density at radius 3 is 2.67 bits per heavy atom. The summed E-state index contributed by atoms with van der Waals surface area (Å²) in [6, 6.07) is 2.19. The fourth-order valence-electron chi connectivity index (χ4n) is 3.02. The van der Waals surface area contributed by atoms with Gasteiger partial charge in [-0.3, -0.25) is 0 Å². The molecule has 0 spiro atoms. The summed E-state index contributed by atoms with van der Waals surface area (Å²) in [5.41, 5.74) is 0.487. The molecule has 0 bridgehead atoms. The first-order valence-corrected chi connectivity index (χ1v) is 8.73. The van der Waals surface area contributed by atoms with Crippen LogP contribution in [-0.4, -0.2) is 23.1 Å². The molecule has 0 atom stereocenters. The van der Waals surface area contributed by atoms with E-state index in [4.69, 9.17) is 0 Å². The van der Waals surface area contributed by atoms with E-state index < -0.39 is 0 Å². The summed E-state index contributed by atoms with van der Waals surface area (Å²) in [4.78, 5) is 11.6. The number of fused-ring (bicyclic) bond motifs is 1. The van der Waals surface area contributed by atoms with Gasteiger partial charge in [0.1, 0.15) is 10.6 Å². The van der Waals surface area contributed by atoms with Gasteiger partial charge in [0.15, 0.2) is 0 Å². The Kier molecular flexibility index (Phi) is 4.02. The molecule has 4 nitrogen and oxygen atoms in total. The first-order valence-electron chi connectivity index (χ1n) is 7.92. The SMILES string of the molecule is CCNc1nc(NCC2(CC)CCC2)c2cc(C)sc2n1. The number of anilines is 2. The number of nitrogens with one attached hydrogen (secondary N) is 2. The third kappa shape index (κ3) is 2.84. The van der Waals surface area contributed by atoms with Gasteiger partial charge >= 0.3 is 0 Å². The summed E-state index contributed by atoms with van der Waals surface area (Å²) in [5, 5.41) is 8.00.